The van der Waals surface area contributed by atoms with Gasteiger partial charge in [-0.25, -0.2) is 0 Å². The first-order chi connectivity index (χ1) is 9.21. The molecule has 0 saturated heterocycles. The third kappa shape index (κ3) is 5.41. The highest BCUT2D eigenvalue weighted by Crippen LogP contribution is 2.05. The minimum Gasteiger partial charge on any atom is -0.380 e. The fourth-order valence-corrected chi connectivity index (χ4v) is 1.95. The first-order valence-corrected chi connectivity index (χ1v) is 6.75. The molecule has 0 aliphatic carbocycles. The molecular formula is C15H24N2O2. The lowest BCUT2D eigenvalue weighted by Gasteiger charge is -2.23. The Balaban J connectivity index is 2.46. The maximum absolute atomic E-state index is 12.1. The Morgan fingerprint density at radius 3 is 2.58 bits per heavy atom. The lowest BCUT2D eigenvalue weighted by Crippen LogP contribution is -2.37. The van der Waals surface area contributed by atoms with Crippen molar-refractivity contribution >= 4 is 5.91 Å². The fourth-order valence-electron chi connectivity index (χ4n) is 1.95. The summed E-state index contributed by atoms with van der Waals surface area (Å²) in [6.45, 7) is 3.82. The molecule has 4 heteroatoms. The summed E-state index contributed by atoms with van der Waals surface area (Å²) >= 11 is 0. The van der Waals surface area contributed by atoms with Gasteiger partial charge in [-0.15, -0.1) is 0 Å². The number of carbonyl (C=O) groups is 1. The molecule has 1 aromatic carbocycles. The van der Waals surface area contributed by atoms with Crippen LogP contribution in [0.4, 0.5) is 0 Å². The summed E-state index contributed by atoms with van der Waals surface area (Å²) < 4.78 is 5.16. The zero-order valence-corrected chi connectivity index (χ0v) is 11.8. The summed E-state index contributed by atoms with van der Waals surface area (Å²) in [4.78, 5) is 14.0. The van der Waals surface area contributed by atoms with Crippen LogP contribution in [0.3, 0.4) is 0 Å². The van der Waals surface area contributed by atoms with Crippen molar-refractivity contribution in [2.45, 2.75) is 25.9 Å². The summed E-state index contributed by atoms with van der Waals surface area (Å²) in [5.41, 5.74) is 6.79. The number of likely N-dealkylation sites (N-methyl/N-ethyl adjacent to an activating group) is 1. The number of amides is 1. The van der Waals surface area contributed by atoms with Crippen LogP contribution < -0.4 is 5.73 Å². The van der Waals surface area contributed by atoms with Gasteiger partial charge in [-0.3, -0.25) is 4.79 Å². The van der Waals surface area contributed by atoms with E-state index in [9.17, 15) is 4.79 Å². The number of carbonyl (C=O) groups excluding carboxylic acids is 1. The van der Waals surface area contributed by atoms with E-state index >= 15 is 0 Å². The molecule has 4 nitrogen and oxygen atoms in total. The van der Waals surface area contributed by atoms with Crippen LogP contribution in [0.5, 0.6) is 0 Å². The number of benzene rings is 1. The number of hydrogen-bond acceptors (Lipinski definition) is 3. The molecule has 2 N–H and O–H groups in total. The van der Waals surface area contributed by atoms with E-state index in [-0.39, 0.29) is 12.0 Å². The minimum atomic E-state index is -0.182. The topological polar surface area (TPSA) is 55.6 Å². The zero-order valence-electron chi connectivity index (χ0n) is 11.8. The van der Waals surface area contributed by atoms with Crippen LogP contribution in [-0.2, 0) is 16.0 Å². The van der Waals surface area contributed by atoms with Gasteiger partial charge in [-0.2, -0.15) is 0 Å². The first-order valence-electron chi connectivity index (χ1n) is 6.75. The van der Waals surface area contributed by atoms with E-state index in [1.807, 2.05) is 30.0 Å². The summed E-state index contributed by atoms with van der Waals surface area (Å²) in [5.74, 6) is 0.107. The van der Waals surface area contributed by atoms with Crippen LogP contribution >= 0.6 is 0 Å². The van der Waals surface area contributed by atoms with Gasteiger partial charge >= 0.3 is 0 Å². The predicted octanol–water partition coefficient (Wildman–Crippen LogP) is 1.44. The monoisotopic (exact) mass is 264 g/mol. The Kier molecular flexibility index (Phi) is 7.15. The molecule has 1 amide bonds. The molecule has 0 spiro atoms. The SMILES string of the molecule is CCN(CCc1ccccc1)C(=O)CC(CN)OC. The lowest BCUT2D eigenvalue weighted by atomic mass is 10.1. The van der Waals surface area contributed by atoms with E-state index in [1.165, 1.54) is 5.56 Å². The van der Waals surface area contributed by atoms with Gasteiger partial charge in [0, 0.05) is 26.7 Å². The molecule has 1 unspecified atom stereocenters. The highest BCUT2D eigenvalue weighted by Gasteiger charge is 2.16. The van der Waals surface area contributed by atoms with E-state index in [0.717, 1.165) is 13.0 Å². The van der Waals surface area contributed by atoms with Gasteiger partial charge in [-0.1, -0.05) is 30.3 Å². The van der Waals surface area contributed by atoms with Crippen molar-refractivity contribution in [3.05, 3.63) is 35.9 Å². The third-order valence-corrected chi connectivity index (χ3v) is 3.25. The van der Waals surface area contributed by atoms with Gasteiger partial charge in [0.2, 0.25) is 5.91 Å². The summed E-state index contributed by atoms with van der Waals surface area (Å²) in [6, 6.07) is 10.2. The molecule has 19 heavy (non-hydrogen) atoms. The van der Waals surface area contributed by atoms with Crippen molar-refractivity contribution < 1.29 is 9.53 Å². The van der Waals surface area contributed by atoms with Crippen molar-refractivity contribution in [3.63, 3.8) is 0 Å². The summed E-state index contributed by atoms with van der Waals surface area (Å²) in [7, 11) is 1.59. The Hall–Kier alpha value is -1.39. The number of nitrogens with zero attached hydrogens (tertiary/aromatic N) is 1. The van der Waals surface area contributed by atoms with E-state index in [4.69, 9.17) is 10.5 Å². The Bertz CT molecular complexity index is 364. The van der Waals surface area contributed by atoms with E-state index < -0.39 is 0 Å². The molecule has 0 heterocycles. The molecule has 0 radical (unpaired) electrons. The second kappa shape index (κ2) is 8.67. The summed E-state index contributed by atoms with van der Waals surface area (Å²) in [5, 5.41) is 0. The number of rotatable bonds is 8. The molecule has 1 rings (SSSR count). The van der Waals surface area contributed by atoms with E-state index in [0.29, 0.717) is 19.5 Å². The largest absolute Gasteiger partial charge is 0.380 e. The maximum Gasteiger partial charge on any atom is 0.225 e. The van der Waals surface area contributed by atoms with Gasteiger partial charge < -0.3 is 15.4 Å². The fraction of sp³-hybridized carbons (Fsp3) is 0.533. The number of hydrogen-bond donors (Lipinski definition) is 1. The van der Waals surface area contributed by atoms with Crippen LogP contribution in [0.15, 0.2) is 30.3 Å². The zero-order chi connectivity index (χ0) is 14.1. The van der Waals surface area contributed by atoms with E-state index in [2.05, 4.69) is 12.1 Å². The lowest BCUT2D eigenvalue weighted by molar-refractivity contribution is -0.133. The standard InChI is InChI=1S/C15H24N2O2/c1-3-17(15(18)11-14(12-16)19-2)10-9-13-7-5-4-6-8-13/h4-8,14H,3,9-12,16H2,1-2H3. The molecule has 106 valence electrons. The second-order valence-corrected chi connectivity index (χ2v) is 4.51. The minimum absolute atomic E-state index is 0.107. The Labute approximate surface area is 115 Å². The first kappa shape index (κ1) is 15.7. The van der Waals surface area contributed by atoms with Crippen molar-refractivity contribution in [2.24, 2.45) is 5.73 Å². The molecular weight excluding hydrogens is 240 g/mol. The van der Waals surface area contributed by atoms with Crippen LogP contribution in [0.1, 0.15) is 18.9 Å². The number of ether oxygens (including phenoxy) is 1. The number of methoxy groups -OCH3 is 1. The molecule has 0 aromatic heterocycles. The summed E-state index contributed by atoms with van der Waals surface area (Å²) in [6.07, 6.45) is 1.05. The Morgan fingerprint density at radius 1 is 1.37 bits per heavy atom. The average Bonchev–Trinajstić information content (AvgIpc) is 2.46. The molecule has 1 atom stereocenters. The van der Waals surface area contributed by atoms with Crippen LogP contribution in [-0.4, -0.2) is 43.7 Å². The quantitative estimate of drug-likeness (QED) is 0.773. The van der Waals surface area contributed by atoms with Crippen molar-refractivity contribution in [2.75, 3.05) is 26.7 Å². The molecule has 0 fully saturated rings. The van der Waals surface area contributed by atoms with Gasteiger partial charge in [0.05, 0.1) is 12.5 Å². The van der Waals surface area contributed by atoms with Gasteiger partial charge in [0.1, 0.15) is 0 Å². The van der Waals surface area contributed by atoms with Gasteiger partial charge in [0.15, 0.2) is 0 Å². The normalized spacial score (nSPS) is 12.2. The Morgan fingerprint density at radius 2 is 2.05 bits per heavy atom. The smallest absolute Gasteiger partial charge is 0.225 e. The van der Waals surface area contributed by atoms with Crippen molar-refractivity contribution in [1.82, 2.24) is 4.90 Å². The van der Waals surface area contributed by atoms with Gasteiger partial charge in [0.25, 0.3) is 0 Å². The van der Waals surface area contributed by atoms with Crippen LogP contribution in [0.25, 0.3) is 0 Å². The molecule has 0 aliphatic rings. The van der Waals surface area contributed by atoms with Gasteiger partial charge in [-0.05, 0) is 18.9 Å². The highest BCUT2D eigenvalue weighted by molar-refractivity contribution is 5.76. The van der Waals surface area contributed by atoms with E-state index in [1.54, 1.807) is 7.11 Å². The molecule has 0 aliphatic heterocycles. The molecule has 0 saturated carbocycles. The third-order valence-electron chi connectivity index (χ3n) is 3.25. The highest BCUT2D eigenvalue weighted by atomic mass is 16.5. The van der Waals surface area contributed by atoms with Crippen molar-refractivity contribution in [3.8, 4) is 0 Å². The predicted molar refractivity (Wildman–Crippen MR) is 76.9 cm³/mol. The second-order valence-electron chi connectivity index (χ2n) is 4.51. The van der Waals surface area contributed by atoms with Crippen LogP contribution in [0, 0.1) is 0 Å². The number of nitrogens with two attached hydrogens (primary N) is 1. The molecule has 1 aromatic rings. The molecule has 0 bridgehead atoms. The van der Waals surface area contributed by atoms with Crippen molar-refractivity contribution in [1.29, 1.82) is 0 Å². The van der Waals surface area contributed by atoms with Crippen LogP contribution in [0.2, 0.25) is 0 Å². The maximum atomic E-state index is 12.1. The average molecular weight is 264 g/mol.